The van der Waals surface area contributed by atoms with Crippen molar-refractivity contribution < 1.29 is 14.3 Å². The van der Waals surface area contributed by atoms with Gasteiger partial charge in [0.2, 0.25) is 5.91 Å². The summed E-state index contributed by atoms with van der Waals surface area (Å²) in [4.78, 5) is 11.1. The second-order valence-electron chi connectivity index (χ2n) is 5.67. The molecule has 0 unspecified atom stereocenters. The average molecular weight is 369 g/mol. The fourth-order valence-electron chi connectivity index (χ4n) is 2.26. The van der Waals surface area contributed by atoms with Gasteiger partial charge in [-0.2, -0.15) is 5.10 Å². The molecule has 134 valence electrons. The molecular formula is C19H19N3O3S. The fourth-order valence-corrected chi connectivity index (χ4v) is 2.89. The van der Waals surface area contributed by atoms with Crippen LogP contribution in [0.15, 0.2) is 52.7 Å². The number of hydrogen-bond donors (Lipinski definition) is 1. The maximum Gasteiger partial charge on any atom is 0.236 e. The number of thioether (sulfide) groups is 1. The lowest BCUT2D eigenvalue weighted by atomic mass is 10.1. The second-order valence-corrected chi connectivity index (χ2v) is 6.64. The summed E-state index contributed by atoms with van der Waals surface area (Å²) in [6.45, 7) is 2.50. The van der Waals surface area contributed by atoms with Gasteiger partial charge in [-0.05, 0) is 36.2 Å². The Morgan fingerprint density at radius 2 is 2.00 bits per heavy atom. The minimum atomic E-state index is -0.0554. The van der Waals surface area contributed by atoms with Crippen molar-refractivity contribution in [1.82, 2.24) is 5.32 Å². The van der Waals surface area contributed by atoms with E-state index in [1.54, 1.807) is 13.3 Å². The van der Waals surface area contributed by atoms with Crippen LogP contribution in [0.3, 0.4) is 0 Å². The summed E-state index contributed by atoms with van der Waals surface area (Å²) in [5.74, 6) is 1.61. The minimum Gasteiger partial charge on any atom is -0.493 e. The summed E-state index contributed by atoms with van der Waals surface area (Å²) in [5.41, 5.74) is 3.11. The molecule has 0 atom stereocenters. The van der Waals surface area contributed by atoms with E-state index in [1.165, 1.54) is 17.3 Å². The van der Waals surface area contributed by atoms with E-state index in [1.807, 2.05) is 30.3 Å². The summed E-state index contributed by atoms with van der Waals surface area (Å²) >= 11 is 1.33. The van der Waals surface area contributed by atoms with Crippen LogP contribution in [0.25, 0.3) is 0 Å². The predicted octanol–water partition coefficient (Wildman–Crippen LogP) is 3.14. The molecule has 3 rings (SSSR count). The van der Waals surface area contributed by atoms with Crippen LogP contribution in [-0.2, 0) is 11.4 Å². The number of aryl methyl sites for hydroxylation is 1. The molecule has 26 heavy (non-hydrogen) atoms. The quantitative estimate of drug-likeness (QED) is 0.627. The predicted molar refractivity (Wildman–Crippen MR) is 104 cm³/mol. The van der Waals surface area contributed by atoms with Gasteiger partial charge in [0.1, 0.15) is 6.61 Å². The first-order valence-electron chi connectivity index (χ1n) is 8.04. The number of rotatable bonds is 6. The molecule has 1 heterocycles. The Labute approximate surface area is 156 Å². The molecule has 2 aromatic carbocycles. The van der Waals surface area contributed by atoms with Crippen LogP contribution in [-0.4, -0.2) is 30.2 Å². The molecule has 7 heteroatoms. The number of amides is 1. The number of benzene rings is 2. The van der Waals surface area contributed by atoms with Gasteiger partial charge in [0, 0.05) is 0 Å². The Morgan fingerprint density at radius 1 is 1.19 bits per heavy atom. The molecule has 0 aliphatic carbocycles. The van der Waals surface area contributed by atoms with Crippen LogP contribution in [0, 0.1) is 6.92 Å². The van der Waals surface area contributed by atoms with E-state index in [2.05, 4.69) is 34.6 Å². The van der Waals surface area contributed by atoms with Gasteiger partial charge < -0.3 is 14.8 Å². The molecule has 1 saturated heterocycles. The molecular weight excluding hydrogens is 350 g/mol. The average Bonchev–Trinajstić information content (AvgIpc) is 3.06. The van der Waals surface area contributed by atoms with Crippen molar-refractivity contribution in [1.29, 1.82) is 0 Å². The molecule has 0 spiro atoms. The highest BCUT2D eigenvalue weighted by Crippen LogP contribution is 2.28. The monoisotopic (exact) mass is 369 g/mol. The van der Waals surface area contributed by atoms with Gasteiger partial charge in [-0.25, -0.2) is 0 Å². The minimum absolute atomic E-state index is 0.0554. The molecule has 1 N–H and O–H groups in total. The molecule has 2 aromatic rings. The molecule has 0 aromatic heterocycles. The Morgan fingerprint density at radius 3 is 2.69 bits per heavy atom. The molecule has 6 nitrogen and oxygen atoms in total. The lowest BCUT2D eigenvalue weighted by Gasteiger charge is -2.11. The molecule has 1 aliphatic heterocycles. The first-order valence-corrected chi connectivity index (χ1v) is 9.02. The molecule has 0 radical (unpaired) electrons. The van der Waals surface area contributed by atoms with Crippen molar-refractivity contribution in [3.8, 4) is 11.5 Å². The Hall–Kier alpha value is -2.80. The molecule has 1 amide bonds. The van der Waals surface area contributed by atoms with Gasteiger partial charge in [-0.1, -0.05) is 41.6 Å². The third-order valence-corrected chi connectivity index (χ3v) is 4.51. The first-order chi connectivity index (χ1) is 12.6. The largest absolute Gasteiger partial charge is 0.493 e. The van der Waals surface area contributed by atoms with Gasteiger partial charge in [0.25, 0.3) is 0 Å². The SMILES string of the molecule is COc1ccc(C=NN=C2NC(=O)CS2)cc1OCc1ccc(C)cc1. The van der Waals surface area contributed by atoms with Crippen LogP contribution in [0.2, 0.25) is 0 Å². The van der Waals surface area contributed by atoms with Crippen LogP contribution >= 0.6 is 11.8 Å². The summed E-state index contributed by atoms with van der Waals surface area (Å²) in [7, 11) is 1.60. The number of nitrogens with zero attached hydrogens (tertiary/aromatic N) is 2. The van der Waals surface area contributed by atoms with E-state index < -0.39 is 0 Å². The first kappa shape index (κ1) is 18.0. The topological polar surface area (TPSA) is 72.3 Å². The normalized spacial score (nSPS) is 15.5. The Kier molecular flexibility index (Phi) is 5.91. The van der Waals surface area contributed by atoms with Crippen molar-refractivity contribution in [2.75, 3.05) is 12.9 Å². The van der Waals surface area contributed by atoms with Crippen LogP contribution in [0.5, 0.6) is 11.5 Å². The van der Waals surface area contributed by atoms with Gasteiger partial charge in [-0.15, -0.1) is 5.10 Å². The zero-order valence-electron chi connectivity index (χ0n) is 14.6. The Balaban J connectivity index is 1.69. The lowest BCUT2D eigenvalue weighted by Crippen LogP contribution is -2.19. The highest BCUT2D eigenvalue weighted by Gasteiger charge is 2.15. The number of carbonyl (C=O) groups is 1. The zero-order valence-corrected chi connectivity index (χ0v) is 15.4. The van der Waals surface area contributed by atoms with Gasteiger partial charge in [0.05, 0.1) is 19.1 Å². The number of carbonyl (C=O) groups excluding carboxylic acids is 1. The maximum absolute atomic E-state index is 11.1. The summed E-state index contributed by atoms with van der Waals surface area (Å²) in [6, 6.07) is 13.7. The zero-order chi connectivity index (χ0) is 18.4. The lowest BCUT2D eigenvalue weighted by molar-refractivity contribution is -0.116. The molecule has 1 aliphatic rings. The van der Waals surface area contributed by atoms with Crippen molar-refractivity contribution in [2.24, 2.45) is 10.2 Å². The molecule has 0 bridgehead atoms. The van der Waals surface area contributed by atoms with Crippen molar-refractivity contribution in [3.63, 3.8) is 0 Å². The third kappa shape index (κ3) is 4.86. The van der Waals surface area contributed by atoms with Gasteiger partial charge >= 0.3 is 0 Å². The van der Waals surface area contributed by atoms with Crippen molar-refractivity contribution in [2.45, 2.75) is 13.5 Å². The van der Waals surface area contributed by atoms with Crippen LogP contribution < -0.4 is 14.8 Å². The highest BCUT2D eigenvalue weighted by molar-refractivity contribution is 8.15. The maximum atomic E-state index is 11.1. The third-order valence-electron chi connectivity index (χ3n) is 3.64. The van der Waals surface area contributed by atoms with E-state index in [-0.39, 0.29) is 5.91 Å². The number of ether oxygens (including phenoxy) is 2. The fraction of sp³-hybridized carbons (Fsp3) is 0.211. The number of nitrogens with one attached hydrogen (secondary N) is 1. The summed E-state index contributed by atoms with van der Waals surface area (Å²) in [5, 5.41) is 11.1. The highest BCUT2D eigenvalue weighted by atomic mass is 32.2. The second kappa shape index (κ2) is 8.53. The van der Waals surface area contributed by atoms with Crippen LogP contribution in [0.1, 0.15) is 16.7 Å². The summed E-state index contributed by atoms with van der Waals surface area (Å²) < 4.78 is 11.3. The number of amidine groups is 1. The summed E-state index contributed by atoms with van der Waals surface area (Å²) in [6.07, 6.45) is 1.61. The van der Waals surface area contributed by atoms with Crippen molar-refractivity contribution >= 4 is 29.1 Å². The smallest absolute Gasteiger partial charge is 0.236 e. The van der Waals surface area contributed by atoms with E-state index in [9.17, 15) is 4.79 Å². The van der Waals surface area contributed by atoms with Gasteiger partial charge in [-0.3, -0.25) is 4.79 Å². The molecule has 0 saturated carbocycles. The number of methoxy groups -OCH3 is 1. The van der Waals surface area contributed by atoms with E-state index in [4.69, 9.17) is 9.47 Å². The van der Waals surface area contributed by atoms with Crippen molar-refractivity contribution in [3.05, 3.63) is 59.2 Å². The Bertz CT molecular complexity index is 848. The number of hydrogen-bond acceptors (Lipinski definition) is 6. The van der Waals surface area contributed by atoms with Crippen LogP contribution in [0.4, 0.5) is 0 Å². The van der Waals surface area contributed by atoms with E-state index in [0.29, 0.717) is 29.0 Å². The standard InChI is InChI=1S/C19H19N3O3S/c1-13-3-5-14(6-4-13)11-25-17-9-15(7-8-16(17)24-2)10-20-22-19-21-18(23)12-26-19/h3-10H,11-12H2,1-2H3,(H,21,22,23). The van der Waals surface area contributed by atoms with E-state index >= 15 is 0 Å². The van der Waals surface area contributed by atoms with E-state index in [0.717, 1.165) is 11.1 Å². The van der Waals surface area contributed by atoms with Gasteiger partial charge in [0.15, 0.2) is 16.7 Å². The molecule has 1 fully saturated rings.